The maximum atomic E-state index is 6.26. The second kappa shape index (κ2) is 4.79. The standard InChI is InChI=1S/C16H30N2/c1-2-7-16(12-17,14-5-6-14)18-11-10-15(13-18)8-3-4-9-15/h14H,2-13,17H2,1H3. The molecule has 3 fully saturated rings. The van der Waals surface area contributed by atoms with Crippen LogP contribution in [0.15, 0.2) is 0 Å². The van der Waals surface area contributed by atoms with Crippen molar-refractivity contribution in [2.45, 2.75) is 70.3 Å². The Labute approximate surface area is 112 Å². The highest BCUT2D eigenvalue weighted by Gasteiger charge is 2.52. The van der Waals surface area contributed by atoms with Crippen LogP contribution in [0, 0.1) is 11.3 Å². The molecule has 1 aliphatic heterocycles. The average molecular weight is 250 g/mol. The third kappa shape index (κ3) is 2.02. The van der Waals surface area contributed by atoms with Crippen LogP contribution in [0.1, 0.15) is 64.7 Å². The minimum atomic E-state index is 0.376. The number of nitrogens with two attached hydrogens (primary N) is 1. The molecule has 3 aliphatic rings. The van der Waals surface area contributed by atoms with Crippen LogP contribution in [0.25, 0.3) is 0 Å². The number of likely N-dealkylation sites (tertiary alicyclic amines) is 1. The minimum Gasteiger partial charge on any atom is -0.329 e. The Kier molecular flexibility index (Phi) is 3.44. The maximum Gasteiger partial charge on any atom is 0.0359 e. The Bertz CT molecular complexity index is 291. The van der Waals surface area contributed by atoms with Gasteiger partial charge in [-0.15, -0.1) is 0 Å². The summed E-state index contributed by atoms with van der Waals surface area (Å²) in [4.78, 5) is 2.83. The van der Waals surface area contributed by atoms with Crippen molar-refractivity contribution >= 4 is 0 Å². The van der Waals surface area contributed by atoms with Crippen LogP contribution in [-0.4, -0.2) is 30.1 Å². The van der Waals surface area contributed by atoms with Crippen LogP contribution in [0.3, 0.4) is 0 Å². The fraction of sp³-hybridized carbons (Fsp3) is 1.00. The minimum absolute atomic E-state index is 0.376. The van der Waals surface area contributed by atoms with Crippen LogP contribution in [-0.2, 0) is 0 Å². The van der Waals surface area contributed by atoms with Gasteiger partial charge in [-0.25, -0.2) is 0 Å². The summed E-state index contributed by atoms with van der Waals surface area (Å²) in [5.74, 6) is 0.916. The fourth-order valence-electron chi connectivity index (χ4n) is 4.92. The predicted molar refractivity (Wildman–Crippen MR) is 76.5 cm³/mol. The molecule has 2 aliphatic carbocycles. The molecule has 2 nitrogen and oxygen atoms in total. The summed E-state index contributed by atoms with van der Waals surface area (Å²) in [7, 11) is 0. The molecule has 0 aromatic rings. The smallest absolute Gasteiger partial charge is 0.0359 e. The predicted octanol–water partition coefficient (Wildman–Crippen LogP) is 3.16. The molecular weight excluding hydrogens is 220 g/mol. The molecule has 1 heterocycles. The van der Waals surface area contributed by atoms with Gasteiger partial charge in [0.05, 0.1) is 0 Å². The van der Waals surface area contributed by atoms with Gasteiger partial charge >= 0.3 is 0 Å². The van der Waals surface area contributed by atoms with E-state index in [9.17, 15) is 0 Å². The van der Waals surface area contributed by atoms with Crippen LogP contribution in [0.4, 0.5) is 0 Å². The van der Waals surface area contributed by atoms with Crippen LogP contribution in [0.5, 0.6) is 0 Å². The third-order valence-electron chi connectivity index (χ3n) is 6.11. The van der Waals surface area contributed by atoms with E-state index < -0.39 is 0 Å². The molecule has 0 bridgehead atoms. The molecule has 2 saturated carbocycles. The van der Waals surface area contributed by atoms with E-state index in [0.717, 1.165) is 12.5 Å². The van der Waals surface area contributed by atoms with Gasteiger partial charge in [-0.3, -0.25) is 4.90 Å². The first-order valence-electron chi connectivity index (χ1n) is 8.20. The van der Waals surface area contributed by atoms with Crippen molar-refractivity contribution in [1.82, 2.24) is 4.90 Å². The quantitative estimate of drug-likeness (QED) is 0.812. The summed E-state index contributed by atoms with van der Waals surface area (Å²) in [6, 6.07) is 0. The topological polar surface area (TPSA) is 29.3 Å². The number of rotatable bonds is 5. The van der Waals surface area contributed by atoms with Crippen molar-refractivity contribution in [2.24, 2.45) is 17.1 Å². The lowest BCUT2D eigenvalue weighted by Crippen LogP contribution is -2.55. The summed E-state index contributed by atoms with van der Waals surface area (Å²) < 4.78 is 0. The van der Waals surface area contributed by atoms with Crippen LogP contribution >= 0.6 is 0 Å². The van der Waals surface area contributed by atoms with E-state index in [0.29, 0.717) is 11.0 Å². The first-order valence-corrected chi connectivity index (χ1v) is 8.20. The zero-order valence-electron chi connectivity index (χ0n) is 12.1. The number of hydrogen-bond donors (Lipinski definition) is 1. The molecule has 1 spiro atoms. The number of nitrogens with zero attached hydrogens (tertiary/aromatic N) is 1. The van der Waals surface area contributed by atoms with Gasteiger partial charge in [0.25, 0.3) is 0 Å². The SMILES string of the molecule is CCCC(CN)(C1CC1)N1CCC2(CCCC2)C1. The maximum absolute atomic E-state index is 6.26. The van der Waals surface area contributed by atoms with E-state index in [-0.39, 0.29) is 0 Å². The Hall–Kier alpha value is -0.0800. The third-order valence-corrected chi connectivity index (χ3v) is 6.11. The summed E-state index contributed by atoms with van der Waals surface area (Å²) in [5, 5.41) is 0. The van der Waals surface area contributed by atoms with Gasteiger partial charge in [0.15, 0.2) is 0 Å². The van der Waals surface area contributed by atoms with Crippen molar-refractivity contribution in [3.8, 4) is 0 Å². The second-order valence-electron chi connectivity index (χ2n) is 7.21. The lowest BCUT2D eigenvalue weighted by Gasteiger charge is -2.43. The zero-order valence-corrected chi connectivity index (χ0v) is 12.1. The van der Waals surface area contributed by atoms with E-state index in [1.807, 2.05) is 0 Å². The molecule has 0 aromatic carbocycles. The number of hydrogen-bond acceptors (Lipinski definition) is 2. The molecule has 0 radical (unpaired) electrons. The largest absolute Gasteiger partial charge is 0.329 e. The van der Waals surface area contributed by atoms with E-state index in [2.05, 4.69) is 11.8 Å². The van der Waals surface area contributed by atoms with E-state index in [1.165, 1.54) is 70.9 Å². The van der Waals surface area contributed by atoms with Crippen LogP contribution in [0.2, 0.25) is 0 Å². The second-order valence-corrected chi connectivity index (χ2v) is 7.21. The molecule has 3 rings (SSSR count). The monoisotopic (exact) mass is 250 g/mol. The molecule has 104 valence electrons. The van der Waals surface area contributed by atoms with Crippen LogP contribution < -0.4 is 5.73 Å². The van der Waals surface area contributed by atoms with Gasteiger partial charge in [0.1, 0.15) is 0 Å². The average Bonchev–Trinajstić information content (AvgIpc) is 3.01. The van der Waals surface area contributed by atoms with Gasteiger partial charge in [-0.05, 0) is 56.4 Å². The van der Waals surface area contributed by atoms with E-state index >= 15 is 0 Å². The lowest BCUT2D eigenvalue weighted by molar-refractivity contribution is 0.0746. The van der Waals surface area contributed by atoms with Gasteiger partial charge in [0.2, 0.25) is 0 Å². The molecule has 1 unspecified atom stereocenters. The zero-order chi connectivity index (χ0) is 12.6. The molecule has 1 saturated heterocycles. The first kappa shape index (κ1) is 12.9. The lowest BCUT2D eigenvalue weighted by atomic mass is 9.83. The fourth-order valence-corrected chi connectivity index (χ4v) is 4.92. The Morgan fingerprint density at radius 3 is 2.50 bits per heavy atom. The summed E-state index contributed by atoms with van der Waals surface area (Å²) in [6.45, 7) is 5.91. The first-order chi connectivity index (χ1) is 8.75. The highest BCUT2D eigenvalue weighted by molar-refractivity contribution is 5.07. The van der Waals surface area contributed by atoms with Gasteiger partial charge in [-0.1, -0.05) is 26.2 Å². The Morgan fingerprint density at radius 1 is 1.22 bits per heavy atom. The van der Waals surface area contributed by atoms with Crippen molar-refractivity contribution in [3.05, 3.63) is 0 Å². The van der Waals surface area contributed by atoms with Crippen molar-refractivity contribution in [1.29, 1.82) is 0 Å². The molecular formula is C16H30N2. The van der Waals surface area contributed by atoms with Crippen molar-refractivity contribution in [2.75, 3.05) is 19.6 Å². The molecule has 1 atom stereocenters. The van der Waals surface area contributed by atoms with E-state index in [1.54, 1.807) is 0 Å². The van der Waals surface area contributed by atoms with Gasteiger partial charge in [0, 0.05) is 18.6 Å². The van der Waals surface area contributed by atoms with Gasteiger partial charge in [-0.2, -0.15) is 0 Å². The van der Waals surface area contributed by atoms with Crippen molar-refractivity contribution < 1.29 is 0 Å². The van der Waals surface area contributed by atoms with Gasteiger partial charge < -0.3 is 5.73 Å². The molecule has 0 aromatic heterocycles. The summed E-state index contributed by atoms with van der Waals surface area (Å²) >= 11 is 0. The highest BCUT2D eigenvalue weighted by atomic mass is 15.2. The Morgan fingerprint density at radius 2 is 1.94 bits per heavy atom. The molecule has 0 amide bonds. The molecule has 2 heteroatoms. The Balaban J connectivity index is 1.75. The summed E-state index contributed by atoms with van der Waals surface area (Å²) in [6.07, 6.45) is 12.8. The van der Waals surface area contributed by atoms with Crippen molar-refractivity contribution in [3.63, 3.8) is 0 Å². The van der Waals surface area contributed by atoms with E-state index in [4.69, 9.17) is 5.73 Å². The highest BCUT2D eigenvalue weighted by Crippen LogP contribution is 2.52. The normalized spacial score (nSPS) is 31.0. The summed E-state index contributed by atoms with van der Waals surface area (Å²) in [5.41, 5.74) is 7.33. The molecule has 2 N–H and O–H groups in total. The molecule has 18 heavy (non-hydrogen) atoms.